The van der Waals surface area contributed by atoms with Crippen molar-refractivity contribution in [2.45, 2.75) is 20.4 Å². The molecule has 0 saturated carbocycles. The molecule has 3 N–H and O–H groups in total. The van der Waals surface area contributed by atoms with Crippen molar-refractivity contribution in [3.8, 4) is 0 Å². The van der Waals surface area contributed by atoms with Gasteiger partial charge in [-0.1, -0.05) is 25.4 Å². The van der Waals surface area contributed by atoms with E-state index in [0.29, 0.717) is 28.6 Å². The van der Waals surface area contributed by atoms with Crippen LogP contribution in [-0.2, 0) is 11.3 Å². The summed E-state index contributed by atoms with van der Waals surface area (Å²) in [5.41, 5.74) is 6.94. The Balaban J connectivity index is 2.20. The van der Waals surface area contributed by atoms with Crippen LogP contribution in [0.1, 0.15) is 13.8 Å². The molecule has 0 saturated heterocycles. The van der Waals surface area contributed by atoms with Crippen molar-refractivity contribution in [2.24, 2.45) is 5.92 Å². The molecule has 0 unspecified atom stereocenters. The third-order valence-electron chi connectivity index (χ3n) is 2.59. The van der Waals surface area contributed by atoms with Gasteiger partial charge in [-0.2, -0.15) is 0 Å². The molecule has 7 heteroatoms. The summed E-state index contributed by atoms with van der Waals surface area (Å²) in [6, 6.07) is 1.67. The molecule has 0 aliphatic heterocycles. The molecule has 0 spiro atoms. The molecule has 0 aliphatic carbocycles. The molecule has 2 rings (SSSR count). The van der Waals surface area contributed by atoms with Crippen molar-refractivity contribution in [1.82, 2.24) is 19.9 Å². The molecular formula is C12H16ClN5O. The highest BCUT2D eigenvalue weighted by Gasteiger charge is 2.13. The SMILES string of the molecule is CC(C)CNC(=O)Cn1c(N)nc2cc(Cl)cnc21. The predicted molar refractivity (Wildman–Crippen MR) is 74.8 cm³/mol. The predicted octanol–water partition coefficient (Wildman–Crippen LogP) is 1.44. The van der Waals surface area contributed by atoms with Gasteiger partial charge in [-0.25, -0.2) is 9.97 Å². The van der Waals surface area contributed by atoms with Crippen LogP contribution in [0.15, 0.2) is 12.3 Å². The molecule has 2 aromatic rings. The van der Waals surface area contributed by atoms with E-state index >= 15 is 0 Å². The number of nitrogens with one attached hydrogen (secondary N) is 1. The van der Waals surface area contributed by atoms with Gasteiger partial charge in [-0.15, -0.1) is 0 Å². The largest absolute Gasteiger partial charge is 0.369 e. The van der Waals surface area contributed by atoms with Crippen molar-refractivity contribution in [1.29, 1.82) is 0 Å². The molecule has 2 heterocycles. The number of pyridine rings is 1. The van der Waals surface area contributed by atoms with E-state index < -0.39 is 0 Å². The second kappa shape index (κ2) is 5.44. The van der Waals surface area contributed by atoms with E-state index in [4.69, 9.17) is 17.3 Å². The summed E-state index contributed by atoms with van der Waals surface area (Å²) in [5.74, 6) is 0.540. The van der Waals surface area contributed by atoms with E-state index in [9.17, 15) is 4.79 Å². The van der Waals surface area contributed by atoms with E-state index in [1.54, 1.807) is 10.6 Å². The summed E-state index contributed by atoms with van der Waals surface area (Å²) in [7, 11) is 0. The Hall–Kier alpha value is -1.82. The number of nitrogens with zero attached hydrogens (tertiary/aromatic N) is 3. The Morgan fingerprint density at radius 3 is 3.00 bits per heavy atom. The number of nitrogens with two attached hydrogens (primary N) is 1. The Bertz CT molecular complexity index is 607. The quantitative estimate of drug-likeness (QED) is 0.888. The highest BCUT2D eigenvalue weighted by atomic mass is 35.5. The van der Waals surface area contributed by atoms with Crippen molar-refractivity contribution in [3.05, 3.63) is 17.3 Å². The second-order valence-electron chi connectivity index (χ2n) is 4.75. The molecule has 0 aromatic carbocycles. The van der Waals surface area contributed by atoms with Gasteiger partial charge in [0, 0.05) is 12.7 Å². The second-order valence-corrected chi connectivity index (χ2v) is 5.19. The number of nitrogen functional groups attached to an aromatic ring is 1. The van der Waals surface area contributed by atoms with Crippen LogP contribution in [0.25, 0.3) is 11.2 Å². The van der Waals surface area contributed by atoms with Gasteiger partial charge >= 0.3 is 0 Å². The van der Waals surface area contributed by atoms with Crippen LogP contribution in [-0.4, -0.2) is 27.0 Å². The number of carbonyl (C=O) groups excluding carboxylic acids is 1. The number of hydrogen-bond acceptors (Lipinski definition) is 4. The van der Waals surface area contributed by atoms with Crippen molar-refractivity contribution >= 4 is 34.6 Å². The summed E-state index contributed by atoms with van der Waals surface area (Å²) < 4.78 is 1.57. The van der Waals surface area contributed by atoms with Crippen LogP contribution in [0.2, 0.25) is 5.02 Å². The third-order valence-corrected chi connectivity index (χ3v) is 2.80. The average Bonchev–Trinajstić information content (AvgIpc) is 2.62. The summed E-state index contributed by atoms with van der Waals surface area (Å²) in [4.78, 5) is 20.1. The van der Waals surface area contributed by atoms with Crippen molar-refractivity contribution < 1.29 is 4.79 Å². The summed E-state index contributed by atoms with van der Waals surface area (Å²) >= 11 is 5.84. The molecule has 1 amide bonds. The van der Waals surface area contributed by atoms with Crippen LogP contribution in [0.4, 0.5) is 5.95 Å². The normalized spacial score (nSPS) is 11.2. The fraction of sp³-hybridized carbons (Fsp3) is 0.417. The average molecular weight is 282 g/mol. The Kier molecular flexibility index (Phi) is 3.90. The molecule has 19 heavy (non-hydrogen) atoms. The number of hydrogen-bond donors (Lipinski definition) is 2. The minimum atomic E-state index is -0.114. The van der Waals surface area contributed by atoms with E-state index in [1.165, 1.54) is 6.20 Å². The Labute approximate surface area is 116 Å². The van der Waals surface area contributed by atoms with Crippen molar-refractivity contribution in [3.63, 3.8) is 0 Å². The Morgan fingerprint density at radius 1 is 1.58 bits per heavy atom. The molecule has 102 valence electrons. The van der Waals surface area contributed by atoms with Crippen molar-refractivity contribution in [2.75, 3.05) is 12.3 Å². The van der Waals surface area contributed by atoms with Gasteiger partial charge in [0.1, 0.15) is 12.1 Å². The molecule has 0 atom stereocenters. The molecule has 0 bridgehead atoms. The number of rotatable bonds is 4. The zero-order chi connectivity index (χ0) is 14.0. The number of imidazole rings is 1. The fourth-order valence-corrected chi connectivity index (χ4v) is 1.83. The maximum atomic E-state index is 11.8. The molecule has 0 aliphatic rings. The lowest BCUT2D eigenvalue weighted by Gasteiger charge is -2.09. The third kappa shape index (κ3) is 3.14. The first-order valence-corrected chi connectivity index (χ1v) is 6.39. The zero-order valence-corrected chi connectivity index (χ0v) is 11.6. The maximum absolute atomic E-state index is 11.8. The highest BCUT2D eigenvalue weighted by Crippen LogP contribution is 2.18. The van der Waals surface area contributed by atoms with Crippen LogP contribution >= 0.6 is 11.6 Å². The number of carbonyl (C=O) groups is 1. The van der Waals surface area contributed by atoms with Gasteiger partial charge in [-0.05, 0) is 12.0 Å². The summed E-state index contributed by atoms with van der Waals surface area (Å²) in [6.45, 7) is 4.80. The summed E-state index contributed by atoms with van der Waals surface area (Å²) in [6.07, 6.45) is 1.51. The van der Waals surface area contributed by atoms with E-state index in [2.05, 4.69) is 15.3 Å². The van der Waals surface area contributed by atoms with E-state index in [1.807, 2.05) is 13.8 Å². The number of anilines is 1. The van der Waals surface area contributed by atoms with Crippen LogP contribution in [0.5, 0.6) is 0 Å². The lowest BCUT2D eigenvalue weighted by molar-refractivity contribution is -0.121. The maximum Gasteiger partial charge on any atom is 0.240 e. The first kappa shape index (κ1) is 13.6. The van der Waals surface area contributed by atoms with E-state index in [0.717, 1.165) is 0 Å². The first-order chi connectivity index (χ1) is 8.97. The van der Waals surface area contributed by atoms with Gasteiger partial charge < -0.3 is 11.1 Å². The van der Waals surface area contributed by atoms with Crippen LogP contribution in [0, 0.1) is 5.92 Å². The zero-order valence-electron chi connectivity index (χ0n) is 10.9. The van der Waals surface area contributed by atoms with Gasteiger partial charge in [0.2, 0.25) is 11.9 Å². The number of fused-ring (bicyclic) bond motifs is 1. The smallest absolute Gasteiger partial charge is 0.240 e. The number of amides is 1. The minimum absolute atomic E-state index is 0.101. The molecule has 6 nitrogen and oxygen atoms in total. The first-order valence-electron chi connectivity index (χ1n) is 6.01. The highest BCUT2D eigenvalue weighted by molar-refractivity contribution is 6.31. The van der Waals surface area contributed by atoms with E-state index in [-0.39, 0.29) is 18.4 Å². The molecular weight excluding hydrogens is 266 g/mol. The van der Waals surface area contributed by atoms with Gasteiger partial charge in [-0.3, -0.25) is 9.36 Å². The fourth-order valence-electron chi connectivity index (χ4n) is 1.68. The minimum Gasteiger partial charge on any atom is -0.369 e. The molecule has 0 fully saturated rings. The van der Waals surface area contributed by atoms with Crippen LogP contribution < -0.4 is 11.1 Å². The molecule has 0 radical (unpaired) electrons. The monoisotopic (exact) mass is 281 g/mol. The number of halogens is 1. The lowest BCUT2D eigenvalue weighted by Crippen LogP contribution is -2.31. The lowest BCUT2D eigenvalue weighted by atomic mass is 10.2. The van der Waals surface area contributed by atoms with Gasteiger partial charge in [0.25, 0.3) is 0 Å². The van der Waals surface area contributed by atoms with Crippen LogP contribution in [0.3, 0.4) is 0 Å². The summed E-state index contributed by atoms with van der Waals surface area (Å²) in [5, 5.41) is 3.31. The van der Waals surface area contributed by atoms with Gasteiger partial charge in [0.05, 0.1) is 5.02 Å². The number of aromatic nitrogens is 3. The standard InChI is InChI=1S/C12H16ClN5O/c1-7(2)4-15-10(19)6-18-11-9(17-12(18)14)3-8(13)5-16-11/h3,5,7H,4,6H2,1-2H3,(H2,14,17)(H,15,19). The molecule has 2 aromatic heterocycles. The topological polar surface area (TPSA) is 85.8 Å². The van der Waals surface area contributed by atoms with Gasteiger partial charge in [0.15, 0.2) is 5.65 Å². The Morgan fingerprint density at radius 2 is 2.32 bits per heavy atom.